The maximum atomic E-state index is 10.1. The van der Waals surface area contributed by atoms with Gasteiger partial charge in [-0.15, -0.1) is 0 Å². The molecule has 0 aliphatic carbocycles. The van der Waals surface area contributed by atoms with Crippen LogP contribution in [0.4, 0.5) is 11.5 Å². The molecule has 0 bridgehead atoms. The molecule has 1 saturated heterocycles. The smallest absolute Gasteiger partial charge is 0.162 e. The van der Waals surface area contributed by atoms with Crippen molar-refractivity contribution in [2.45, 2.75) is 32.2 Å². The fraction of sp³-hybridized carbons (Fsp3) is 0.345. The van der Waals surface area contributed by atoms with Crippen LogP contribution in [0.5, 0.6) is 0 Å². The molecule has 2 aliphatic heterocycles. The van der Waals surface area contributed by atoms with Crippen molar-refractivity contribution in [3.8, 4) is 17.5 Å². The minimum absolute atomic E-state index is 0.656. The maximum Gasteiger partial charge on any atom is 0.162 e. The monoisotopic (exact) mass is 477 g/mol. The minimum Gasteiger partial charge on any atom is -0.399 e. The third kappa shape index (κ3) is 4.18. The number of nitriles is 1. The largest absolute Gasteiger partial charge is 0.399 e. The van der Waals surface area contributed by atoms with Gasteiger partial charge in [-0.05, 0) is 55.5 Å². The molecule has 0 unspecified atom stereocenters. The van der Waals surface area contributed by atoms with Crippen LogP contribution in [0.1, 0.15) is 29.7 Å². The first-order chi connectivity index (χ1) is 17.7. The van der Waals surface area contributed by atoms with E-state index in [9.17, 15) is 5.26 Å². The lowest BCUT2D eigenvalue weighted by Crippen LogP contribution is -2.47. The Morgan fingerprint density at radius 3 is 2.42 bits per heavy atom. The van der Waals surface area contributed by atoms with Crippen molar-refractivity contribution in [1.82, 2.24) is 19.4 Å². The van der Waals surface area contributed by atoms with Crippen LogP contribution in [-0.2, 0) is 19.4 Å². The summed E-state index contributed by atoms with van der Waals surface area (Å²) in [5.41, 5.74) is 12.6. The predicted octanol–water partition coefficient (Wildman–Crippen LogP) is 4.25. The van der Waals surface area contributed by atoms with Crippen molar-refractivity contribution in [3.05, 3.63) is 71.4 Å². The molecule has 0 spiro atoms. The molecule has 0 atom stereocenters. The van der Waals surface area contributed by atoms with Gasteiger partial charge in [0.1, 0.15) is 17.1 Å². The lowest BCUT2D eigenvalue weighted by Gasteiger charge is -2.36. The van der Waals surface area contributed by atoms with Gasteiger partial charge in [-0.3, -0.25) is 4.90 Å². The Morgan fingerprint density at radius 2 is 1.67 bits per heavy atom. The van der Waals surface area contributed by atoms with Gasteiger partial charge in [-0.2, -0.15) is 5.26 Å². The van der Waals surface area contributed by atoms with Crippen LogP contribution in [0, 0.1) is 11.3 Å². The van der Waals surface area contributed by atoms with Gasteiger partial charge in [-0.1, -0.05) is 30.3 Å². The van der Waals surface area contributed by atoms with E-state index in [2.05, 4.69) is 50.8 Å². The molecular weight excluding hydrogens is 446 g/mol. The zero-order valence-electron chi connectivity index (χ0n) is 20.5. The summed E-state index contributed by atoms with van der Waals surface area (Å²) in [4.78, 5) is 15.0. The topological polar surface area (TPSA) is 87.0 Å². The van der Waals surface area contributed by atoms with Crippen molar-refractivity contribution in [2.24, 2.45) is 0 Å². The van der Waals surface area contributed by atoms with E-state index in [1.54, 1.807) is 0 Å². The van der Waals surface area contributed by atoms with Crippen LogP contribution in [0.2, 0.25) is 0 Å². The number of fused-ring (bicyclic) bond motifs is 3. The van der Waals surface area contributed by atoms with Gasteiger partial charge < -0.3 is 15.2 Å². The van der Waals surface area contributed by atoms with Crippen LogP contribution >= 0.6 is 0 Å². The molecule has 7 heteroatoms. The number of benzene rings is 2. The summed E-state index contributed by atoms with van der Waals surface area (Å²) in [7, 11) is 0. The van der Waals surface area contributed by atoms with E-state index in [-0.39, 0.29) is 0 Å². The zero-order chi connectivity index (χ0) is 24.5. The average Bonchev–Trinajstić information content (AvgIpc) is 3.26. The molecule has 6 rings (SSSR count). The Balaban J connectivity index is 1.34. The van der Waals surface area contributed by atoms with Crippen molar-refractivity contribution >= 4 is 22.5 Å². The van der Waals surface area contributed by atoms with E-state index in [4.69, 9.17) is 15.7 Å². The average molecular weight is 478 g/mol. The number of hydrogen-bond acceptors (Lipinski definition) is 6. The van der Waals surface area contributed by atoms with E-state index < -0.39 is 0 Å². The number of nitrogens with zero attached hydrogens (tertiary/aromatic N) is 6. The molecule has 36 heavy (non-hydrogen) atoms. The SMILES string of the molecule is N#Cc1c2n(c3c(N4CCN(CCc5ccccc5)CC4)nc(-c4ccc(N)cc4)nc13)CCCC2. The van der Waals surface area contributed by atoms with Crippen LogP contribution in [-0.4, -0.2) is 52.2 Å². The van der Waals surface area contributed by atoms with Crippen molar-refractivity contribution in [3.63, 3.8) is 0 Å². The van der Waals surface area contributed by atoms with Gasteiger partial charge in [0.15, 0.2) is 11.6 Å². The molecule has 0 amide bonds. The van der Waals surface area contributed by atoms with Crippen LogP contribution in [0.15, 0.2) is 54.6 Å². The second-order valence-corrected chi connectivity index (χ2v) is 9.80. The summed E-state index contributed by atoms with van der Waals surface area (Å²) in [6, 6.07) is 20.9. The Kier molecular flexibility index (Phi) is 6.04. The first-order valence-electron chi connectivity index (χ1n) is 12.9. The lowest BCUT2D eigenvalue weighted by molar-refractivity contribution is 0.260. The van der Waals surface area contributed by atoms with Gasteiger partial charge in [0, 0.05) is 56.2 Å². The van der Waals surface area contributed by atoms with E-state index >= 15 is 0 Å². The molecule has 0 saturated carbocycles. The first-order valence-corrected chi connectivity index (χ1v) is 12.9. The second kappa shape index (κ2) is 9.63. The quantitative estimate of drug-likeness (QED) is 0.433. The first kappa shape index (κ1) is 22.6. The fourth-order valence-electron chi connectivity index (χ4n) is 5.56. The Hall–Kier alpha value is -3.89. The van der Waals surface area contributed by atoms with E-state index in [1.165, 1.54) is 5.56 Å². The van der Waals surface area contributed by atoms with E-state index in [0.717, 1.165) is 93.1 Å². The fourth-order valence-corrected chi connectivity index (χ4v) is 5.56. The summed E-state index contributed by atoms with van der Waals surface area (Å²) in [5.74, 6) is 1.61. The van der Waals surface area contributed by atoms with Crippen LogP contribution in [0.25, 0.3) is 22.4 Å². The zero-order valence-corrected chi connectivity index (χ0v) is 20.5. The highest BCUT2D eigenvalue weighted by Crippen LogP contribution is 2.36. The predicted molar refractivity (Wildman–Crippen MR) is 144 cm³/mol. The number of anilines is 2. The summed E-state index contributed by atoms with van der Waals surface area (Å²) < 4.78 is 2.32. The van der Waals surface area contributed by atoms with Crippen LogP contribution < -0.4 is 10.6 Å². The molecule has 7 nitrogen and oxygen atoms in total. The third-order valence-corrected chi connectivity index (χ3v) is 7.54. The number of piperazine rings is 1. The Morgan fingerprint density at radius 1 is 0.889 bits per heavy atom. The van der Waals surface area contributed by atoms with Gasteiger partial charge in [0.25, 0.3) is 0 Å². The molecule has 2 N–H and O–H groups in total. The van der Waals surface area contributed by atoms with Crippen molar-refractivity contribution in [2.75, 3.05) is 43.4 Å². The molecule has 2 aliphatic rings. The summed E-state index contributed by atoms with van der Waals surface area (Å²) >= 11 is 0. The van der Waals surface area contributed by atoms with Crippen molar-refractivity contribution < 1.29 is 0 Å². The van der Waals surface area contributed by atoms with E-state index in [0.29, 0.717) is 17.1 Å². The number of nitrogen functional groups attached to an aromatic ring is 1. The summed E-state index contributed by atoms with van der Waals surface area (Å²) in [6.45, 7) is 5.78. The highest BCUT2D eigenvalue weighted by atomic mass is 15.3. The molecule has 4 aromatic rings. The van der Waals surface area contributed by atoms with Gasteiger partial charge in [-0.25, -0.2) is 9.97 Å². The Labute approximate surface area is 211 Å². The number of rotatable bonds is 5. The number of nitrogens with two attached hydrogens (primary N) is 1. The number of hydrogen-bond donors (Lipinski definition) is 1. The van der Waals surface area contributed by atoms with Gasteiger partial charge >= 0.3 is 0 Å². The maximum absolute atomic E-state index is 10.1. The molecule has 1 fully saturated rings. The second-order valence-electron chi connectivity index (χ2n) is 9.80. The molecule has 2 aromatic carbocycles. The standard InChI is InChI=1S/C29H31N7/c30-20-24-25-8-4-5-14-36(25)27-26(24)32-28(22-9-11-23(31)12-10-22)33-29(27)35-18-16-34(17-19-35)15-13-21-6-2-1-3-7-21/h1-3,6-7,9-12H,4-5,8,13-19,31H2. The van der Waals surface area contributed by atoms with Gasteiger partial charge in [0.05, 0.1) is 5.56 Å². The summed E-state index contributed by atoms with van der Waals surface area (Å²) in [6.07, 6.45) is 4.22. The molecule has 4 heterocycles. The normalized spacial score (nSPS) is 16.1. The number of aryl methyl sites for hydroxylation is 1. The highest BCUT2D eigenvalue weighted by Gasteiger charge is 2.28. The lowest BCUT2D eigenvalue weighted by atomic mass is 10.1. The molecular formula is C29H31N7. The molecule has 0 radical (unpaired) electrons. The van der Waals surface area contributed by atoms with Crippen molar-refractivity contribution in [1.29, 1.82) is 5.26 Å². The molecule has 2 aromatic heterocycles. The number of aromatic nitrogens is 3. The van der Waals surface area contributed by atoms with Crippen LogP contribution in [0.3, 0.4) is 0 Å². The highest BCUT2D eigenvalue weighted by molar-refractivity contribution is 5.94. The minimum atomic E-state index is 0.656. The molecule has 182 valence electrons. The van der Waals surface area contributed by atoms with Gasteiger partial charge in [0.2, 0.25) is 0 Å². The Bertz CT molecular complexity index is 1410. The van der Waals surface area contributed by atoms with E-state index in [1.807, 2.05) is 24.3 Å². The third-order valence-electron chi connectivity index (χ3n) is 7.54. The summed E-state index contributed by atoms with van der Waals surface area (Å²) in [5, 5.41) is 10.1.